The Morgan fingerprint density at radius 1 is 0.865 bits per heavy atom. The summed E-state index contributed by atoms with van der Waals surface area (Å²) in [6, 6.07) is 22.2. The number of ketones is 1. The van der Waals surface area contributed by atoms with Gasteiger partial charge in [0.25, 0.3) is 0 Å². The first-order valence-corrected chi connectivity index (χ1v) is 13.3. The van der Waals surface area contributed by atoms with Gasteiger partial charge in [0.15, 0.2) is 11.5 Å². The highest BCUT2D eigenvalue weighted by molar-refractivity contribution is 7.80. The third-order valence-corrected chi connectivity index (χ3v) is 7.89. The molecule has 2 saturated carbocycles. The molecular weight excluding hydrogens is 484 g/mol. The van der Waals surface area contributed by atoms with Crippen molar-refractivity contribution in [2.45, 2.75) is 68.6 Å². The zero-order valence-corrected chi connectivity index (χ0v) is 22.4. The largest absolute Gasteiger partial charge is 0.454 e. The summed E-state index contributed by atoms with van der Waals surface area (Å²) in [7, 11) is 0. The number of fused-ring (bicyclic) bond motifs is 1. The average Bonchev–Trinajstić information content (AvgIpc) is 3.56. The molecule has 0 atom stereocenters. The van der Waals surface area contributed by atoms with Gasteiger partial charge in [0.05, 0.1) is 5.41 Å². The van der Waals surface area contributed by atoms with Crippen LogP contribution in [0.2, 0.25) is 0 Å². The van der Waals surface area contributed by atoms with Crippen molar-refractivity contribution in [1.82, 2.24) is 0 Å². The third kappa shape index (κ3) is 6.75. The Balaban J connectivity index is 0.000000369. The molecule has 2 fully saturated rings. The zero-order valence-electron chi connectivity index (χ0n) is 21.5. The van der Waals surface area contributed by atoms with E-state index in [9.17, 15) is 4.79 Å². The summed E-state index contributed by atoms with van der Waals surface area (Å²) in [5, 5.41) is 0. The van der Waals surface area contributed by atoms with Crippen LogP contribution in [0.25, 0.3) is 11.1 Å². The lowest BCUT2D eigenvalue weighted by Crippen LogP contribution is -2.22. The molecule has 0 spiro atoms. The summed E-state index contributed by atoms with van der Waals surface area (Å²) in [4.78, 5) is 14.1. The zero-order chi connectivity index (χ0) is 24.3. The molecule has 3 aromatic carbocycles. The molecule has 37 heavy (non-hydrogen) atoms. The lowest BCUT2D eigenvalue weighted by Gasteiger charge is -2.15. The molecule has 1 aliphatic heterocycles. The fourth-order valence-electron chi connectivity index (χ4n) is 5.22. The lowest BCUT2D eigenvalue weighted by atomic mass is 9.87. The van der Waals surface area contributed by atoms with Gasteiger partial charge in [-0.1, -0.05) is 81.5 Å². The molecule has 0 amide bonds. The van der Waals surface area contributed by atoms with Gasteiger partial charge in [-0.15, -0.1) is 12.6 Å². The van der Waals surface area contributed by atoms with E-state index in [1.165, 1.54) is 32.1 Å². The summed E-state index contributed by atoms with van der Waals surface area (Å²) >= 11 is 4.35. The maximum atomic E-state index is 13.2. The fourth-order valence-corrected chi connectivity index (χ4v) is 5.37. The first-order chi connectivity index (χ1) is 17.0. The van der Waals surface area contributed by atoms with Crippen LogP contribution in [0.5, 0.6) is 11.5 Å². The van der Waals surface area contributed by atoms with Crippen molar-refractivity contribution in [3.63, 3.8) is 0 Å². The first kappa shape index (κ1) is 28.8. The monoisotopic (exact) mass is 522 g/mol. The van der Waals surface area contributed by atoms with E-state index >= 15 is 0 Å². The van der Waals surface area contributed by atoms with E-state index in [0.29, 0.717) is 6.42 Å². The van der Waals surface area contributed by atoms with Crippen molar-refractivity contribution in [3.05, 3.63) is 77.9 Å². The van der Waals surface area contributed by atoms with Gasteiger partial charge in [-0.05, 0) is 65.3 Å². The number of benzene rings is 3. The summed E-state index contributed by atoms with van der Waals surface area (Å²) in [5.74, 6) is 2.81. The van der Waals surface area contributed by atoms with E-state index in [2.05, 4.69) is 43.8 Å². The molecule has 198 valence electrons. The van der Waals surface area contributed by atoms with E-state index in [1.54, 1.807) is 0 Å². The quantitative estimate of drug-likeness (QED) is 0.407. The maximum Gasteiger partial charge on any atom is 0.231 e. The smallest absolute Gasteiger partial charge is 0.231 e. The number of hydrogen-bond acceptors (Lipinski definition) is 4. The van der Waals surface area contributed by atoms with E-state index in [4.69, 9.17) is 9.47 Å². The Labute approximate surface area is 225 Å². The molecule has 0 unspecified atom stereocenters. The van der Waals surface area contributed by atoms with E-state index in [1.807, 2.05) is 42.5 Å². The standard InChI is InChI=1S/C24H20O3S.C7H14.2H2O/c25-23(24(10-11-24)19-6-9-21-22(14-19)27-15-26-21)13-16-2-1-3-18(12-16)17-4-7-20(28)8-5-17;1-7-5-3-2-4-6-7;;/h1-9,12,14,28H,10-11,13,15H2;7H,2-6H2,1H3;2*1H2. The summed E-state index contributed by atoms with van der Waals surface area (Å²) in [6.45, 7) is 2.61. The van der Waals surface area contributed by atoms with Gasteiger partial charge in [0.1, 0.15) is 5.78 Å². The Morgan fingerprint density at radius 3 is 2.22 bits per heavy atom. The van der Waals surface area contributed by atoms with Gasteiger partial charge in [0.2, 0.25) is 6.79 Å². The molecule has 4 N–H and O–H groups in total. The molecule has 2 aliphatic carbocycles. The second-order valence-electron chi connectivity index (χ2n) is 10.2. The second kappa shape index (κ2) is 12.6. The molecule has 0 saturated heterocycles. The third-order valence-electron chi connectivity index (χ3n) is 7.60. The summed E-state index contributed by atoms with van der Waals surface area (Å²) < 4.78 is 10.9. The maximum absolute atomic E-state index is 13.2. The number of Topliss-reactive ketones (excluding diaryl/α,β-unsaturated/α-hetero) is 1. The number of thiol groups is 1. The normalized spacial score (nSPS) is 16.9. The van der Waals surface area contributed by atoms with Crippen LogP contribution < -0.4 is 9.47 Å². The topological polar surface area (TPSA) is 98.5 Å². The van der Waals surface area contributed by atoms with Crippen molar-refractivity contribution in [2.75, 3.05) is 6.79 Å². The van der Waals surface area contributed by atoms with Gasteiger partial charge in [-0.25, -0.2) is 0 Å². The minimum absolute atomic E-state index is 0. The molecule has 5 nitrogen and oxygen atoms in total. The van der Waals surface area contributed by atoms with Crippen molar-refractivity contribution < 1.29 is 25.2 Å². The van der Waals surface area contributed by atoms with Crippen LogP contribution in [0.1, 0.15) is 63.0 Å². The molecule has 1 heterocycles. The number of hydrogen-bond donors (Lipinski definition) is 1. The predicted octanol–water partition coefficient (Wildman–Crippen LogP) is 6.15. The molecule has 0 aromatic heterocycles. The lowest BCUT2D eigenvalue weighted by molar-refractivity contribution is -0.120. The van der Waals surface area contributed by atoms with E-state index in [0.717, 1.165) is 57.4 Å². The molecule has 6 rings (SSSR count). The highest BCUT2D eigenvalue weighted by Gasteiger charge is 2.50. The number of rotatable bonds is 5. The molecular formula is C31H38O5S. The minimum atomic E-state index is -0.370. The second-order valence-corrected chi connectivity index (χ2v) is 10.8. The van der Waals surface area contributed by atoms with Gasteiger partial charge in [-0.2, -0.15) is 0 Å². The van der Waals surface area contributed by atoms with Gasteiger partial charge in [0, 0.05) is 11.3 Å². The van der Waals surface area contributed by atoms with Crippen LogP contribution in [-0.2, 0) is 16.6 Å². The average molecular weight is 523 g/mol. The van der Waals surface area contributed by atoms with Crippen LogP contribution in [0, 0.1) is 5.92 Å². The Kier molecular flexibility index (Phi) is 9.82. The molecule has 3 aromatic rings. The molecule has 0 radical (unpaired) electrons. The van der Waals surface area contributed by atoms with Crippen LogP contribution >= 0.6 is 12.6 Å². The van der Waals surface area contributed by atoms with Crippen molar-refractivity contribution >= 4 is 18.4 Å². The SMILES string of the molecule is CC1CCCCC1.O.O.O=C(Cc1cccc(-c2ccc(S)cc2)c1)C1(c2ccc3c(c2)OCO3)CC1. The fraction of sp³-hybridized carbons (Fsp3) is 0.387. The first-order valence-electron chi connectivity index (χ1n) is 12.9. The molecule has 0 bridgehead atoms. The van der Waals surface area contributed by atoms with Gasteiger partial charge < -0.3 is 20.4 Å². The highest BCUT2D eigenvalue weighted by atomic mass is 32.1. The molecule has 6 heteroatoms. The van der Waals surface area contributed by atoms with E-state index in [-0.39, 0.29) is 28.9 Å². The van der Waals surface area contributed by atoms with Crippen LogP contribution in [0.15, 0.2) is 71.6 Å². The van der Waals surface area contributed by atoms with Crippen molar-refractivity contribution in [3.8, 4) is 22.6 Å². The number of carbonyl (C=O) groups is 1. The van der Waals surface area contributed by atoms with Crippen LogP contribution in [0.4, 0.5) is 0 Å². The summed E-state index contributed by atoms with van der Waals surface area (Å²) in [6.07, 6.45) is 9.67. The van der Waals surface area contributed by atoms with Crippen LogP contribution in [-0.4, -0.2) is 23.5 Å². The number of ether oxygens (including phenoxy) is 2. The van der Waals surface area contributed by atoms with Gasteiger partial charge >= 0.3 is 0 Å². The Hall–Kier alpha value is -2.80. The minimum Gasteiger partial charge on any atom is -0.454 e. The summed E-state index contributed by atoms with van der Waals surface area (Å²) in [5.41, 5.74) is 3.97. The van der Waals surface area contributed by atoms with Gasteiger partial charge in [-0.3, -0.25) is 4.79 Å². The Morgan fingerprint density at radius 2 is 1.57 bits per heavy atom. The predicted molar refractivity (Wildman–Crippen MR) is 151 cm³/mol. The van der Waals surface area contributed by atoms with Crippen molar-refractivity contribution in [1.29, 1.82) is 0 Å². The van der Waals surface area contributed by atoms with E-state index < -0.39 is 0 Å². The van der Waals surface area contributed by atoms with Crippen LogP contribution in [0.3, 0.4) is 0 Å². The Bertz CT molecular complexity index is 1180. The number of carbonyl (C=O) groups excluding carboxylic acids is 1. The highest BCUT2D eigenvalue weighted by Crippen LogP contribution is 2.51. The molecule has 3 aliphatic rings. The van der Waals surface area contributed by atoms with Crippen molar-refractivity contribution in [2.24, 2.45) is 5.92 Å².